The van der Waals surface area contributed by atoms with Crippen LogP contribution >= 0.6 is 0 Å². The van der Waals surface area contributed by atoms with Gasteiger partial charge < -0.3 is 24.6 Å². The monoisotopic (exact) mass is 469 g/mol. The van der Waals surface area contributed by atoms with Crippen molar-refractivity contribution in [2.75, 3.05) is 39.2 Å². The fourth-order valence-electron chi connectivity index (χ4n) is 3.90. The second kappa shape index (κ2) is 11.1. The Morgan fingerprint density at radius 3 is 2.62 bits per heavy atom. The summed E-state index contributed by atoms with van der Waals surface area (Å²) in [7, 11) is 3.28. The number of nitrogens with one attached hydrogen (secondary N) is 1. The quantitative estimate of drug-likeness (QED) is 0.732. The molecule has 0 radical (unpaired) electrons. The van der Waals surface area contributed by atoms with Crippen molar-refractivity contribution in [2.24, 2.45) is 5.92 Å². The molecule has 0 bridgehead atoms. The van der Waals surface area contributed by atoms with Crippen LogP contribution in [0.2, 0.25) is 0 Å². The molecule has 1 N–H and O–H groups in total. The van der Waals surface area contributed by atoms with E-state index in [0.29, 0.717) is 30.1 Å². The summed E-state index contributed by atoms with van der Waals surface area (Å²) in [5.74, 6) is -0.471. The zero-order chi connectivity index (χ0) is 24.8. The van der Waals surface area contributed by atoms with Gasteiger partial charge in [-0.25, -0.2) is 4.98 Å². The van der Waals surface area contributed by atoms with Crippen LogP contribution in [-0.2, 0) is 9.53 Å². The Balaban J connectivity index is 1.99. The number of methoxy groups -OCH3 is 1. The smallest absolute Gasteiger partial charge is 0.274 e. The van der Waals surface area contributed by atoms with E-state index in [1.807, 2.05) is 13.8 Å². The third kappa shape index (κ3) is 5.88. The van der Waals surface area contributed by atoms with E-state index in [1.165, 1.54) is 25.5 Å². The number of anilines is 1. The molecule has 2 heterocycles. The summed E-state index contributed by atoms with van der Waals surface area (Å²) in [4.78, 5) is 49.5. The zero-order valence-electron chi connectivity index (χ0n) is 20.1. The maximum Gasteiger partial charge on any atom is 0.274 e. The molecule has 3 amide bonds. The largest absolute Gasteiger partial charge is 0.491 e. The minimum Gasteiger partial charge on any atom is -0.491 e. The van der Waals surface area contributed by atoms with Crippen LogP contribution in [0, 0.1) is 5.92 Å². The number of ether oxygens (including phenoxy) is 2. The van der Waals surface area contributed by atoms with Gasteiger partial charge in [0, 0.05) is 58.2 Å². The molecule has 0 saturated heterocycles. The third-order valence-corrected chi connectivity index (χ3v) is 5.81. The van der Waals surface area contributed by atoms with Crippen LogP contribution in [0.5, 0.6) is 5.75 Å². The third-order valence-electron chi connectivity index (χ3n) is 5.81. The minimum absolute atomic E-state index is 0.0899. The summed E-state index contributed by atoms with van der Waals surface area (Å²) in [5, 5.41) is 2.70. The SMILES string of the molecule is CO[C@H]1CN(C)C(=O)c2cc(NC(C)=O)ccc2OC[C@H](C)N(C(=O)c2cnccn2)C[C@@H]1C. The van der Waals surface area contributed by atoms with Gasteiger partial charge in [0.1, 0.15) is 18.1 Å². The van der Waals surface area contributed by atoms with Gasteiger partial charge >= 0.3 is 0 Å². The number of fused-ring (bicyclic) bond motifs is 1. The normalized spacial score (nSPS) is 21.6. The predicted molar refractivity (Wildman–Crippen MR) is 126 cm³/mol. The van der Waals surface area contributed by atoms with Gasteiger partial charge in [-0.05, 0) is 25.1 Å². The molecule has 0 fully saturated rings. The van der Waals surface area contributed by atoms with E-state index in [1.54, 1.807) is 42.2 Å². The number of nitrogens with zero attached hydrogens (tertiary/aromatic N) is 4. The van der Waals surface area contributed by atoms with E-state index < -0.39 is 0 Å². The number of carbonyl (C=O) groups excluding carboxylic acids is 3. The van der Waals surface area contributed by atoms with Gasteiger partial charge in [0.2, 0.25) is 5.91 Å². The molecule has 34 heavy (non-hydrogen) atoms. The minimum atomic E-state index is -0.329. The van der Waals surface area contributed by atoms with Crippen molar-refractivity contribution < 1.29 is 23.9 Å². The average Bonchev–Trinajstić information content (AvgIpc) is 2.83. The molecule has 1 aliphatic rings. The van der Waals surface area contributed by atoms with Crippen molar-refractivity contribution in [1.29, 1.82) is 0 Å². The predicted octanol–water partition coefficient (Wildman–Crippen LogP) is 2.08. The van der Waals surface area contributed by atoms with Gasteiger partial charge in [-0.15, -0.1) is 0 Å². The van der Waals surface area contributed by atoms with Crippen molar-refractivity contribution in [3.63, 3.8) is 0 Å². The lowest BCUT2D eigenvalue weighted by Gasteiger charge is -2.35. The highest BCUT2D eigenvalue weighted by Gasteiger charge is 2.31. The van der Waals surface area contributed by atoms with E-state index >= 15 is 0 Å². The van der Waals surface area contributed by atoms with Gasteiger partial charge in [0.15, 0.2) is 0 Å². The van der Waals surface area contributed by atoms with Crippen molar-refractivity contribution in [3.8, 4) is 5.75 Å². The van der Waals surface area contributed by atoms with Crippen LogP contribution in [0.3, 0.4) is 0 Å². The molecule has 10 heteroatoms. The van der Waals surface area contributed by atoms with E-state index in [-0.39, 0.29) is 48.1 Å². The Hall–Kier alpha value is -3.53. The maximum atomic E-state index is 13.3. The topological polar surface area (TPSA) is 114 Å². The molecule has 0 saturated carbocycles. The number of rotatable bonds is 3. The van der Waals surface area contributed by atoms with E-state index in [9.17, 15) is 14.4 Å². The highest BCUT2D eigenvalue weighted by molar-refractivity contribution is 5.99. The first kappa shape index (κ1) is 25.1. The van der Waals surface area contributed by atoms with Gasteiger partial charge in [0.25, 0.3) is 11.8 Å². The lowest BCUT2D eigenvalue weighted by molar-refractivity contribution is -0.114. The second-order valence-electron chi connectivity index (χ2n) is 8.54. The van der Waals surface area contributed by atoms with Crippen LogP contribution in [0.25, 0.3) is 0 Å². The van der Waals surface area contributed by atoms with Gasteiger partial charge in [0.05, 0.1) is 23.9 Å². The zero-order valence-corrected chi connectivity index (χ0v) is 20.1. The molecular formula is C24H31N5O5. The maximum absolute atomic E-state index is 13.3. The Morgan fingerprint density at radius 2 is 1.97 bits per heavy atom. The van der Waals surface area contributed by atoms with Crippen LogP contribution in [0.1, 0.15) is 41.6 Å². The fraction of sp³-hybridized carbons (Fsp3) is 0.458. The van der Waals surface area contributed by atoms with Crippen LogP contribution in [-0.4, -0.2) is 83.5 Å². The first-order valence-electron chi connectivity index (χ1n) is 11.1. The first-order chi connectivity index (χ1) is 16.2. The van der Waals surface area contributed by atoms with Crippen molar-refractivity contribution in [2.45, 2.75) is 32.9 Å². The summed E-state index contributed by atoms with van der Waals surface area (Å²) in [6.07, 6.45) is 4.12. The number of carbonyl (C=O) groups is 3. The number of hydrogen-bond acceptors (Lipinski definition) is 7. The average molecular weight is 470 g/mol. The van der Waals surface area contributed by atoms with Crippen molar-refractivity contribution in [3.05, 3.63) is 48.0 Å². The number of likely N-dealkylation sites (N-methyl/N-ethyl adjacent to an activating group) is 1. The van der Waals surface area contributed by atoms with Gasteiger partial charge in [-0.2, -0.15) is 0 Å². The van der Waals surface area contributed by atoms with Crippen LogP contribution < -0.4 is 10.1 Å². The highest BCUT2D eigenvalue weighted by atomic mass is 16.5. The summed E-state index contributed by atoms with van der Waals surface area (Å²) in [6, 6.07) is 4.59. The lowest BCUT2D eigenvalue weighted by atomic mass is 10.0. The first-order valence-corrected chi connectivity index (χ1v) is 11.1. The molecule has 0 spiro atoms. The Labute approximate surface area is 199 Å². The summed E-state index contributed by atoms with van der Waals surface area (Å²) in [5.41, 5.74) is 1.05. The standard InChI is InChI=1S/C24H31N5O5/c1-15-12-29(24(32)20-11-25-8-9-26-20)16(2)14-34-21-7-6-18(27-17(3)30)10-19(21)23(31)28(4)13-22(15)33-5/h6-11,15-16,22H,12-14H2,1-5H3,(H,27,30)/t15-,16-,22-/m0/s1. The number of aromatic nitrogens is 2. The van der Waals surface area contributed by atoms with Gasteiger partial charge in [-0.3, -0.25) is 19.4 Å². The molecule has 3 atom stereocenters. The van der Waals surface area contributed by atoms with Crippen LogP contribution in [0.4, 0.5) is 5.69 Å². The summed E-state index contributed by atoms with van der Waals surface area (Å²) >= 11 is 0. The molecule has 2 aromatic rings. The Kier molecular flexibility index (Phi) is 8.17. The van der Waals surface area contributed by atoms with Crippen molar-refractivity contribution >= 4 is 23.4 Å². The number of hydrogen-bond donors (Lipinski definition) is 1. The van der Waals surface area contributed by atoms with Crippen molar-refractivity contribution in [1.82, 2.24) is 19.8 Å². The lowest BCUT2D eigenvalue weighted by Crippen LogP contribution is -2.48. The molecule has 182 valence electrons. The highest BCUT2D eigenvalue weighted by Crippen LogP contribution is 2.26. The summed E-state index contributed by atoms with van der Waals surface area (Å²) in [6.45, 7) is 6.11. The van der Waals surface area contributed by atoms with Gasteiger partial charge in [-0.1, -0.05) is 6.92 Å². The number of benzene rings is 1. The van der Waals surface area contributed by atoms with E-state index in [2.05, 4.69) is 15.3 Å². The van der Waals surface area contributed by atoms with Crippen LogP contribution in [0.15, 0.2) is 36.8 Å². The second-order valence-corrected chi connectivity index (χ2v) is 8.54. The summed E-state index contributed by atoms with van der Waals surface area (Å²) < 4.78 is 11.7. The molecule has 3 rings (SSSR count). The molecule has 0 aliphatic carbocycles. The molecule has 10 nitrogen and oxygen atoms in total. The molecular weight excluding hydrogens is 438 g/mol. The molecule has 1 aromatic carbocycles. The van der Waals surface area contributed by atoms with E-state index in [0.717, 1.165) is 0 Å². The Morgan fingerprint density at radius 1 is 1.21 bits per heavy atom. The molecule has 0 unspecified atom stereocenters. The number of amides is 3. The Bertz CT molecular complexity index is 1030. The van der Waals surface area contributed by atoms with E-state index in [4.69, 9.17) is 9.47 Å². The molecule has 1 aliphatic heterocycles. The fourth-order valence-corrected chi connectivity index (χ4v) is 3.90. The molecule has 1 aromatic heterocycles.